The fourth-order valence-corrected chi connectivity index (χ4v) is 2.55. The molecule has 2 amide bonds. The van der Waals surface area contributed by atoms with Crippen LogP contribution in [0.25, 0.3) is 0 Å². The van der Waals surface area contributed by atoms with E-state index in [1.807, 2.05) is 6.92 Å². The summed E-state index contributed by atoms with van der Waals surface area (Å²) in [5.74, 6) is 0.763. The van der Waals surface area contributed by atoms with Gasteiger partial charge in [0.25, 0.3) is 0 Å². The Bertz CT molecular complexity index is 310. The van der Waals surface area contributed by atoms with Crippen molar-refractivity contribution in [3.05, 3.63) is 0 Å². The van der Waals surface area contributed by atoms with Gasteiger partial charge in [-0.05, 0) is 45.1 Å². The van der Waals surface area contributed by atoms with Gasteiger partial charge < -0.3 is 15.5 Å². The van der Waals surface area contributed by atoms with Crippen molar-refractivity contribution in [1.82, 2.24) is 9.80 Å². The number of hydrogen-bond acceptors (Lipinski definition) is 3. The number of likely N-dealkylation sites (N-methyl/N-ethyl adjacent to an activating group) is 2. The molecule has 1 rings (SSSR count). The number of amides is 2. The highest BCUT2D eigenvalue weighted by molar-refractivity contribution is 5.85. The third-order valence-corrected chi connectivity index (χ3v) is 4.05. The minimum atomic E-state index is -0.0224. The Kier molecular flexibility index (Phi) is 6.28. The quantitative estimate of drug-likeness (QED) is 0.798. The zero-order chi connectivity index (χ0) is 14.4. The van der Waals surface area contributed by atoms with Crippen molar-refractivity contribution in [2.75, 3.05) is 33.7 Å². The molecule has 1 aliphatic rings. The van der Waals surface area contributed by atoms with Crippen molar-refractivity contribution in [3.63, 3.8) is 0 Å². The number of hydrogen-bond donors (Lipinski definition) is 1. The maximum Gasteiger partial charge on any atom is 0.241 e. The number of rotatable bonds is 5. The van der Waals surface area contributed by atoms with Crippen LogP contribution in [0, 0.1) is 11.8 Å². The number of nitrogens with two attached hydrogens (primary N) is 1. The summed E-state index contributed by atoms with van der Waals surface area (Å²) in [5.41, 5.74) is 5.66. The van der Waals surface area contributed by atoms with E-state index in [9.17, 15) is 9.59 Å². The maximum atomic E-state index is 12.4. The summed E-state index contributed by atoms with van der Waals surface area (Å²) >= 11 is 0. The average Bonchev–Trinajstić information content (AvgIpc) is 2.43. The number of carbonyl (C=O) groups excluding carboxylic acids is 2. The molecule has 0 aromatic rings. The molecule has 5 heteroatoms. The van der Waals surface area contributed by atoms with Crippen LogP contribution in [-0.4, -0.2) is 55.3 Å². The van der Waals surface area contributed by atoms with Gasteiger partial charge in [0.1, 0.15) is 0 Å². The Morgan fingerprint density at radius 1 is 1.16 bits per heavy atom. The standard InChI is InChI=1S/C14H27N3O2/c1-4-17(10-13(18)16(2)3)14(19)12-7-5-11(9-15)6-8-12/h11-12H,4-10,15H2,1-3H3. The van der Waals surface area contributed by atoms with E-state index < -0.39 is 0 Å². The summed E-state index contributed by atoms with van der Waals surface area (Å²) < 4.78 is 0. The third kappa shape index (κ3) is 4.49. The van der Waals surface area contributed by atoms with E-state index in [0.717, 1.165) is 32.2 Å². The molecule has 19 heavy (non-hydrogen) atoms. The van der Waals surface area contributed by atoms with Crippen LogP contribution in [0.2, 0.25) is 0 Å². The molecular formula is C14H27N3O2. The Labute approximate surface area is 116 Å². The van der Waals surface area contributed by atoms with E-state index in [1.165, 1.54) is 4.90 Å². The minimum absolute atomic E-state index is 0.0224. The summed E-state index contributed by atoms with van der Waals surface area (Å²) in [6, 6.07) is 0. The molecule has 2 N–H and O–H groups in total. The Morgan fingerprint density at radius 2 is 1.74 bits per heavy atom. The van der Waals surface area contributed by atoms with Gasteiger partial charge in [-0.25, -0.2) is 0 Å². The molecule has 0 atom stereocenters. The first-order valence-corrected chi connectivity index (χ1v) is 7.18. The minimum Gasteiger partial charge on any atom is -0.347 e. The molecule has 0 bridgehead atoms. The molecule has 0 aliphatic heterocycles. The summed E-state index contributed by atoms with van der Waals surface area (Å²) in [5, 5.41) is 0. The van der Waals surface area contributed by atoms with Crippen molar-refractivity contribution < 1.29 is 9.59 Å². The van der Waals surface area contributed by atoms with Gasteiger partial charge >= 0.3 is 0 Å². The van der Waals surface area contributed by atoms with Gasteiger partial charge in [-0.15, -0.1) is 0 Å². The molecule has 0 radical (unpaired) electrons. The Hall–Kier alpha value is -1.10. The van der Waals surface area contributed by atoms with E-state index >= 15 is 0 Å². The van der Waals surface area contributed by atoms with Crippen LogP contribution >= 0.6 is 0 Å². The maximum absolute atomic E-state index is 12.4. The molecule has 0 unspecified atom stereocenters. The number of nitrogens with zero attached hydrogens (tertiary/aromatic N) is 2. The van der Waals surface area contributed by atoms with Crippen molar-refractivity contribution in [2.45, 2.75) is 32.6 Å². The molecule has 5 nitrogen and oxygen atoms in total. The molecule has 0 aromatic carbocycles. The molecule has 0 heterocycles. The summed E-state index contributed by atoms with van der Waals surface area (Å²) in [6.45, 7) is 3.43. The SMILES string of the molecule is CCN(CC(=O)N(C)C)C(=O)C1CCC(CN)CC1. The van der Waals surface area contributed by atoms with Crippen LogP contribution < -0.4 is 5.73 Å². The van der Waals surface area contributed by atoms with Gasteiger partial charge in [-0.1, -0.05) is 0 Å². The molecule has 1 saturated carbocycles. The van der Waals surface area contributed by atoms with E-state index in [4.69, 9.17) is 5.73 Å². The van der Waals surface area contributed by atoms with Crippen molar-refractivity contribution in [3.8, 4) is 0 Å². The largest absolute Gasteiger partial charge is 0.347 e. The second-order valence-corrected chi connectivity index (χ2v) is 5.59. The van der Waals surface area contributed by atoms with Gasteiger partial charge in [-0.3, -0.25) is 9.59 Å². The molecule has 0 spiro atoms. The lowest BCUT2D eigenvalue weighted by molar-refractivity contribution is -0.142. The Morgan fingerprint density at radius 3 is 2.16 bits per heavy atom. The van der Waals surface area contributed by atoms with Gasteiger partial charge in [0.05, 0.1) is 6.54 Å². The van der Waals surface area contributed by atoms with Crippen LogP contribution in [0.1, 0.15) is 32.6 Å². The van der Waals surface area contributed by atoms with Crippen LogP contribution in [0.4, 0.5) is 0 Å². The molecule has 0 saturated heterocycles. The lowest BCUT2D eigenvalue weighted by atomic mass is 9.81. The predicted octanol–water partition coefficient (Wildman–Crippen LogP) is 0.688. The highest BCUT2D eigenvalue weighted by atomic mass is 16.2. The summed E-state index contributed by atoms with van der Waals surface area (Å²) in [7, 11) is 3.43. The zero-order valence-corrected chi connectivity index (χ0v) is 12.4. The third-order valence-electron chi connectivity index (χ3n) is 4.05. The van der Waals surface area contributed by atoms with Gasteiger partial charge in [-0.2, -0.15) is 0 Å². The second kappa shape index (κ2) is 7.48. The molecular weight excluding hydrogens is 242 g/mol. The highest BCUT2D eigenvalue weighted by Crippen LogP contribution is 2.29. The van der Waals surface area contributed by atoms with E-state index in [-0.39, 0.29) is 24.3 Å². The summed E-state index contributed by atoms with van der Waals surface area (Å²) in [4.78, 5) is 27.3. The molecule has 110 valence electrons. The second-order valence-electron chi connectivity index (χ2n) is 5.59. The first-order valence-electron chi connectivity index (χ1n) is 7.18. The van der Waals surface area contributed by atoms with E-state index in [2.05, 4.69) is 0 Å². The lowest BCUT2D eigenvalue weighted by Crippen LogP contribution is -2.43. The van der Waals surface area contributed by atoms with Crippen LogP contribution in [0.3, 0.4) is 0 Å². The highest BCUT2D eigenvalue weighted by Gasteiger charge is 2.29. The molecule has 1 fully saturated rings. The zero-order valence-electron chi connectivity index (χ0n) is 12.4. The summed E-state index contributed by atoms with van der Waals surface area (Å²) in [6.07, 6.45) is 3.89. The lowest BCUT2D eigenvalue weighted by Gasteiger charge is -2.31. The van der Waals surface area contributed by atoms with Crippen molar-refractivity contribution in [2.24, 2.45) is 17.6 Å². The van der Waals surface area contributed by atoms with Crippen LogP contribution in [0.15, 0.2) is 0 Å². The first kappa shape index (κ1) is 16.0. The van der Waals surface area contributed by atoms with Crippen molar-refractivity contribution >= 4 is 11.8 Å². The molecule has 1 aliphatic carbocycles. The normalized spacial score (nSPS) is 22.9. The number of carbonyl (C=O) groups is 2. The van der Waals surface area contributed by atoms with E-state index in [1.54, 1.807) is 19.0 Å². The van der Waals surface area contributed by atoms with Gasteiger partial charge in [0.2, 0.25) is 11.8 Å². The topological polar surface area (TPSA) is 66.6 Å². The fraction of sp³-hybridized carbons (Fsp3) is 0.857. The van der Waals surface area contributed by atoms with E-state index in [0.29, 0.717) is 12.5 Å². The average molecular weight is 269 g/mol. The molecule has 0 aromatic heterocycles. The fourth-order valence-electron chi connectivity index (χ4n) is 2.55. The monoisotopic (exact) mass is 269 g/mol. The van der Waals surface area contributed by atoms with Gasteiger partial charge in [0.15, 0.2) is 0 Å². The van der Waals surface area contributed by atoms with Crippen LogP contribution in [0.5, 0.6) is 0 Å². The Balaban J connectivity index is 2.52. The predicted molar refractivity (Wildman–Crippen MR) is 75.5 cm³/mol. The van der Waals surface area contributed by atoms with Gasteiger partial charge in [0, 0.05) is 26.6 Å². The van der Waals surface area contributed by atoms with Crippen LogP contribution in [-0.2, 0) is 9.59 Å². The first-order chi connectivity index (χ1) is 8.99. The smallest absolute Gasteiger partial charge is 0.241 e. The van der Waals surface area contributed by atoms with Crippen molar-refractivity contribution in [1.29, 1.82) is 0 Å².